The third-order valence-electron chi connectivity index (χ3n) is 5.20. The lowest BCUT2D eigenvalue weighted by molar-refractivity contribution is 0.477. The van der Waals surface area contributed by atoms with E-state index in [1.807, 2.05) is 30.3 Å². The van der Waals surface area contributed by atoms with Crippen LogP contribution in [0.2, 0.25) is 10.0 Å². The van der Waals surface area contributed by atoms with Crippen molar-refractivity contribution < 1.29 is 0 Å². The van der Waals surface area contributed by atoms with Gasteiger partial charge in [-0.15, -0.1) is 0 Å². The fourth-order valence-electron chi connectivity index (χ4n) is 3.91. The zero-order valence-corrected chi connectivity index (χ0v) is 16.0. The zero-order chi connectivity index (χ0) is 18.4. The molecule has 4 aromatic rings. The highest BCUT2D eigenvalue weighted by molar-refractivity contribution is 6.42. The number of aromatic nitrogens is 2. The van der Waals surface area contributed by atoms with Crippen LogP contribution in [0, 0.1) is 0 Å². The van der Waals surface area contributed by atoms with Crippen molar-refractivity contribution in [3.63, 3.8) is 0 Å². The maximum atomic E-state index is 6.27. The van der Waals surface area contributed by atoms with E-state index < -0.39 is 0 Å². The van der Waals surface area contributed by atoms with Crippen LogP contribution in [0.25, 0.3) is 11.0 Å². The molecule has 1 N–H and O–H groups in total. The van der Waals surface area contributed by atoms with Crippen LogP contribution in [0.1, 0.15) is 29.6 Å². The second kappa shape index (κ2) is 6.59. The van der Waals surface area contributed by atoms with E-state index in [2.05, 4.69) is 52.3 Å². The van der Waals surface area contributed by atoms with E-state index >= 15 is 0 Å². The van der Waals surface area contributed by atoms with Gasteiger partial charge >= 0.3 is 0 Å². The molecule has 27 heavy (non-hydrogen) atoms. The van der Waals surface area contributed by atoms with E-state index in [4.69, 9.17) is 28.2 Å². The smallest absolute Gasteiger partial charge is 0.204 e. The molecule has 0 fully saturated rings. The van der Waals surface area contributed by atoms with Crippen LogP contribution in [0.3, 0.4) is 0 Å². The van der Waals surface area contributed by atoms with E-state index in [-0.39, 0.29) is 12.1 Å². The summed E-state index contributed by atoms with van der Waals surface area (Å²) in [6.07, 6.45) is 0.898. The summed E-state index contributed by atoms with van der Waals surface area (Å²) < 4.78 is 2.30. The lowest BCUT2D eigenvalue weighted by Gasteiger charge is -2.33. The fraction of sp³-hybridized carbons (Fsp3) is 0.136. The van der Waals surface area contributed by atoms with Gasteiger partial charge in [-0.1, -0.05) is 71.7 Å². The summed E-state index contributed by atoms with van der Waals surface area (Å²) >= 11 is 12.4. The van der Waals surface area contributed by atoms with Crippen LogP contribution in [0.15, 0.2) is 72.8 Å². The van der Waals surface area contributed by atoms with Gasteiger partial charge in [0.2, 0.25) is 5.95 Å². The minimum Gasteiger partial charge on any atom is -0.349 e. The number of nitrogens with zero attached hydrogens (tertiary/aromatic N) is 2. The summed E-state index contributed by atoms with van der Waals surface area (Å²) in [5.74, 6) is 0.882. The van der Waals surface area contributed by atoms with E-state index in [1.165, 1.54) is 5.56 Å². The minimum absolute atomic E-state index is 0.106. The van der Waals surface area contributed by atoms with Crippen molar-refractivity contribution in [3.8, 4) is 0 Å². The maximum absolute atomic E-state index is 6.27. The number of para-hydroxylation sites is 2. The Kier molecular flexibility index (Phi) is 4.07. The Hall–Kier alpha value is -2.49. The third-order valence-corrected chi connectivity index (χ3v) is 5.94. The average Bonchev–Trinajstić information content (AvgIpc) is 3.08. The molecule has 3 nitrogen and oxygen atoms in total. The van der Waals surface area contributed by atoms with Crippen molar-refractivity contribution in [2.45, 2.75) is 18.5 Å². The Morgan fingerprint density at radius 3 is 2.44 bits per heavy atom. The second-order valence-corrected chi connectivity index (χ2v) is 7.64. The quantitative estimate of drug-likeness (QED) is 0.421. The van der Waals surface area contributed by atoms with Crippen molar-refractivity contribution in [2.24, 2.45) is 0 Å². The van der Waals surface area contributed by atoms with Gasteiger partial charge in [0.25, 0.3) is 0 Å². The number of anilines is 1. The molecule has 2 heterocycles. The van der Waals surface area contributed by atoms with Gasteiger partial charge in [0.15, 0.2) is 0 Å². The predicted molar refractivity (Wildman–Crippen MR) is 112 cm³/mol. The summed E-state index contributed by atoms with van der Waals surface area (Å²) in [6.45, 7) is 0. The average molecular weight is 394 g/mol. The number of benzene rings is 3. The number of halogens is 2. The van der Waals surface area contributed by atoms with Crippen LogP contribution < -0.4 is 5.32 Å². The van der Waals surface area contributed by atoms with Crippen LogP contribution in [-0.2, 0) is 0 Å². The topological polar surface area (TPSA) is 29.9 Å². The van der Waals surface area contributed by atoms with Crippen molar-refractivity contribution >= 4 is 40.2 Å². The van der Waals surface area contributed by atoms with Crippen molar-refractivity contribution in [3.05, 3.63) is 94.0 Å². The monoisotopic (exact) mass is 393 g/mol. The number of hydrogen-bond acceptors (Lipinski definition) is 2. The van der Waals surface area contributed by atoms with Gasteiger partial charge in [-0.3, -0.25) is 0 Å². The lowest BCUT2D eigenvalue weighted by atomic mass is 9.93. The Bertz CT molecular complexity index is 1120. The SMILES string of the molecule is Clc1ccc([C@H]2C[C@H](c3ccccc3)n3c(nc4ccccc43)N2)cc1Cl. The van der Waals surface area contributed by atoms with Crippen LogP contribution >= 0.6 is 23.2 Å². The van der Waals surface area contributed by atoms with Crippen LogP contribution in [-0.4, -0.2) is 9.55 Å². The Balaban J connectivity index is 1.66. The highest BCUT2D eigenvalue weighted by atomic mass is 35.5. The first kappa shape index (κ1) is 16.7. The van der Waals surface area contributed by atoms with Crippen LogP contribution in [0.5, 0.6) is 0 Å². The van der Waals surface area contributed by atoms with Crippen LogP contribution in [0.4, 0.5) is 5.95 Å². The van der Waals surface area contributed by atoms with Gasteiger partial charge < -0.3 is 9.88 Å². The largest absolute Gasteiger partial charge is 0.349 e. The summed E-state index contributed by atoms with van der Waals surface area (Å²) in [5.41, 5.74) is 4.52. The molecule has 0 bridgehead atoms. The van der Waals surface area contributed by atoms with Gasteiger partial charge in [-0.25, -0.2) is 4.98 Å². The first-order chi connectivity index (χ1) is 13.2. The molecule has 0 aliphatic carbocycles. The Morgan fingerprint density at radius 2 is 1.63 bits per heavy atom. The summed E-state index contributed by atoms with van der Waals surface area (Å²) in [6, 6.07) is 25.0. The molecule has 0 spiro atoms. The van der Waals surface area contributed by atoms with Crippen molar-refractivity contribution in [2.75, 3.05) is 5.32 Å². The molecule has 2 atom stereocenters. The molecule has 0 amide bonds. The molecule has 0 radical (unpaired) electrons. The number of hydrogen-bond donors (Lipinski definition) is 1. The molecule has 0 saturated carbocycles. The molecule has 0 saturated heterocycles. The summed E-state index contributed by atoms with van der Waals surface area (Å²) in [4.78, 5) is 4.84. The highest BCUT2D eigenvalue weighted by Crippen LogP contribution is 2.41. The fourth-order valence-corrected chi connectivity index (χ4v) is 4.22. The lowest BCUT2D eigenvalue weighted by Crippen LogP contribution is -2.27. The van der Waals surface area contributed by atoms with Gasteiger partial charge in [0, 0.05) is 0 Å². The zero-order valence-electron chi connectivity index (χ0n) is 14.4. The number of nitrogens with one attached hydrogen (secondary N) is 1. The third kappa shape index (κ3) is 2.88. The van der Waals surface area contributed by atoms with E-state index in [9.17, 15) is 0 Å². The molecule has 1 aliphatic heterocycles. The number of fused-ring (bicyclic) bond motifs is 3. The second-order valence-electron chi connectivity index (χ2n) is 6.83. The summed E-state index contributed by atoms with van der Waals surface area (Å²) in [5, 5.41) is 4.75. The normalized spacial score (nSPS) is 18.9. The standard InChI is InChI=1S/C22H17Cl2N3/c23-16-11-10-15(12-17(16)24)19-13-21(14-6-2-1-3-7-14)27-20-9-5-4-8-18(20)25-22(27)26-19/h1-12,19,21H,13H2,(H,25,26)/t19-,21-/m1/s1. The Labute approximate surface area is 167 Å². The minimum atomic E-state index is 0.106. The molecular formula is C22H17Cl2N3. The molecule has 5 rings (SSSR count). The van der Waals surface area contributed by atoms with Gasteiger partial charge in [0.1, 0.15) is 0 Å². The van der Waals surface area contributed by atoms with E-state index in [0.29, 0.717) is 10.0 Å². The Morgan fingerprint density at radius 1 is 0.852 bits per heavy atom. The first-order valence-corrected chi connectivity index (χ1v) is 9.70. The molecule has 0 unspecified atom stereocenters. The predicted octanol–water partition coefficient (Wildman–Crippen LogP) is 6.49. The molecule has 3 aromatic carbocycles. The highest BCUT2D eigenvalue weighted by Gasteiger charge is 2.31. The molecule has 1 aliphatic rings. The molecular weight excluding hydrogens is 377 g/mol. The molecule has 1 aromatic heterocycles. The number of rotatable bonds is 2. The molecule has 5 heteroatoms. The van der Waals surface area contributed by atoms with Gasteiger partial charge in [-0.05, 0) is 41.8 Å². The number of imidazole rings is 1. The van der Waals surface area contributed by atoms with Crippen molar-refractivity contribution in [1.82, 2.24) is 9.55 Å². The molecule has 134 valence electrons. The van der Waals surface area contributed by atoms with E-state index in [1.54, 1.807) is 0 Å². The van der Waals surface area contributed by atoms with Gasteiger partial charge in [0.05, 0.1) is 33.2 Å². The first-order valence-electron chi connectivity index (χ1n) is 8.94. The van der Waals surface area contributed by atoms with E-state index in [0.717, 1.165) is 29.0 Å². The van der Waals surface area contributed by atoms with Crippen molar-refractivity contribution in [1.29, 1.82) is 0 Å². The van der Waals surface area contributed by atoms with Gasteiger partial charge in [-0.2, -0.15) is 0 Å². The summed E-state index contributed by atoms with van der Waals surface area (Å²) in [7, 11) is 0. The maximum Gasteiger partial charge on any atom is 0.204 e.